The third kappa shape index (κ3) is 5.17. The highest BCUT2D eigenvalue weighted by Gasteiger charge is 2.25. The van der Waals surface area contributed by atoms with Gasteiger partial charge < -0.3 is 20.6 Å². The number of nitrogens with two attached hydrogens (primary N) is 1. The van der Waals surface area contributed by atoms with Gasteiger partial charge in [-0.3, -0.25) is 9.69 Å². The van der Waals surface area contributed by atoms with Gasteiger partial charge in [-0.25, -0.2) is 4.79 Å². The number of amides is 2. The van der Waals surface area contributed by atoms with Gasteiger partial charge in [0.05, 0.1) is 0 Å². The first-order valence-corrected chi connectivity index (χ1v) is 7.75. The predicted octanol–water partition coefficient (Wildman–Crippen LogP) is -0.131. The number of piperidine rings is 1. The molecule has 7 nitrogen and oxygen atoms in total. The van der Waals surface area contributed by atoms with Gasteiger partial charge >= 0.3 is 6.09 Å². The van der Waals surface area contributed by atoms with Crippen molar-refractivity contribution in [1.82, 2.24) is 14.7 Å². The summed E-state index contributed by atoms with van der Waals surface area (Å²) < 4.78 is 0. The highest BCUT2D eigenvalue weighted by atomic mass is 16.4. The molecule has 0 aromatic rings. The molecule has 2 aliphatic heterocycles. The van der Waals surface area contributed by atoms with Crippen LogP contribution in [0.3, 0.4) is 0 Å². The van der Waals surface area contributed by atoms with Gasteiger partial charge in [0.2, 0.25) is 5.91 Å². The number of nitrogens with zero attached hydrogens (tertiary/aromatic N) is 3. The Hall–Kier alpha value is -1.34. The zero-order chi connectivity index (χ0) is 15.2. The number of carboxylic acid groups (broad SMARTS) is 1. The molecular weight excluding hydrogens is 272 g/mol. The average molecular weight is 298 g/mol. The van der Waals surface area contributed by atoms with Gasteiger partial charge in [0, 0.05) is 52.2 Å². The molecule has 1 atom stereocenters. The largest absolute Gasteiger partial charge is 0.465 e. The molecule has 0 radical (unpaired) electrons. The van der Waals surface area contributed by atoms with Crippen molar-refractivity contribution < 1.29 is 14.7 Å². The maximum absolute atomic E-state index is 10.9. The van der Waals surface area contributed by atoms with E-state index in [1.54, 1.807) is 0 Å². The Bertz CT molecular complexity index is 369. The number of hydrogen-bond acceptors (Lipinski definition) is 4. The van der Waals surface area contributed by atoms with E-state index in [2.05, 4.69) is 9.80 Å². The van der Waals surface area contributed by atoms with E-state index in [0.29, 0.717) is 25.4 Å². The van der Waals surface area contributed by atoms with E-state index in [-0.39, 0.29) is 5.91 Å². The van der Waals surface area contributed by atoms with Gasteiger partial charge in [0.1, 0.15) is 0 Å². The van der Waals surface area contributed by atoms with E-state index < -0.39 is 6.09 Å². The molecule has 2 rings (SSSR count). The maximum atomic E-state index is 10.9. The molecule has 3 N–H and O–H groups in total. The van der Waals surface area contributed by atoms with Crippen LogP contribution in [0.1, 0.15) is 19.3 Å². The highest BCUT2D eigenvalue weighted by Crippen LogP contribution is 2.18. The lowest BCUT2D eigenvalue weighted by Crippen LogP contribution is -2.50. The van der Waals surface area contributed by atoms with Gasteiger partial charge in [-0.15, -0.1) is 0 Å². The van der Waals surface area contributed by atoms with Crippen molar-refractivity contribution in [3.05, 3.63) is 0 Å². The molecule has 2 amide bonds. The molecule has 21 heavy (non-hydrogen) atoms. The van der Waals surface area contributed by atoms with E-state index in [9.17, 15) is 9.59 Å². The van der Waals surface area contributed by atoms with E-state index in [4.69, 9.17) is 10.8 Å². The minimum absolute atomic E-state index is 0.234. The van der Waals surface area contributed by atoms with Crippen LogP contribution < -0.4 is 5.73 Å². The number of likely N-dealkylation sites (tertiary alicyclic amines) is 1. The Labute approximate surface area is 125 Å². The molecule has 2 fully saturated rings. The monoisotopic (exact) mass is 298 g/mol. The number of piperazine rings is 1. The first-order chi connectivity index (χ1) is 10.0. The van der Waals surface area contributed by atoms with Crippen molar-refractivity contribution in [3.8, 4) is 0 Å². The lowest BCUT2D eigenvalue weighted by atomic mass is 9.97. The van der Waals surface area contributed by atoms with E-state index in [1.165, 1.54) is 17.7 Å². The summed E-state index contributed by atoms with van der Waals surface area (Å²) in [6, 6.07) is 0. The highest BCUT2D eigenvalue weighted by molar-refractivity contribution is 5.73. The summed E-state index contributed by atoms with van der Waals surface area (Å²) >= 11 is 0. The Morgan fingerprint density at radius 2 is 1.81 bits per heavy atom. The van der Waals surface area contributed by atoms with Crippen molar-refractivity contribution >= 4 is 12.0 Å². The van der Waals surface area contributed by atoms with Crippen LogP contribution in [0.2, 0.25) is 0 Å². The normalized spacial score (nSPS) is 25.0. The quantitative estimate of drug-likeness (QED) is 0.738. The first-order valence-electron chi connectivity index (χ1n) is 7.75. The second-order valence-electron chi connectivity index (χ2n) is 6.10. The van der Waals surface area contributed by atoms with Gasteiger partial charge in [-0.1, -0.05) is 0 Å². The van der Waals surface area contributed by atoms with Gasteiger partial charge in [0.25, 0.3) is 0 Å². The Balaban J connectivity index is 1.70. The van der Waals surface area contributed by atoms with Crippen LogP contribution >= 0.6 is 0 Å². The van der Waals surface area contributed by atoms with Gasteiger partial charge in [-0.2, -0.15) is 0 Å². The summed E-state index contributed by atoms with van der Waals surface area (Å²) in [7, 11) is 0. The SMILES string of the molecule is NC(=O)CCN1CCC[C@@H](CN2CCN(C(=O)O)CC2)C1. The Morgan fingerprint density at radius 1 is 1.10 bits per heavy atom. The number of primary amides is 1. The summed E-state index contributed by atoms with van der Waals surface area (Å²) in [6.45, 7) is 6.72. The van der Waals surface area contributed by atoms with Crippen LogP contribution in [0.15, 0.2) is 0 Å². The van der Waals surface area contributed by atoms with Crippen LogP contribution in [0.5, 0.6) is 0 Å². The summed E-state index contributed by atoms with van der Waals surface area (Å²) in [5.41, 5.74) is 5.20. The van der Waals surface area contributed by atoms with Crippen molar-refractivity contribution in [2.75, 3.05) is 52.4 Å². The molecule has 2 heterocycles. The molecule has 0 bridgehead atoms. The minimum Gasteiger partial charge on any atom is -0.465 e. The summed E-state index contributed by atoms with van der Waals surface area (Å²) in [5.74, 6) is 0.380. The fourth-order valence-electron chi connectivity index (χ4n) is 3.26. The molecule has 0 saturated carbocycles. The van der Waals surface area contributed by atoms with Crippen LogP contribution in [-0.2, 0) is 4.79 Å². The number of carbonyl (C=O) groups is 2. The Kier molecular flexibility index (Phi) is 5.81. The number of carbonyl (C=O) groups excluding carboxylic acids is 1. The van der Waals surface area contributed by atoms with Crippen molar-refractivity contribution in [2.45, 2.75) is 19.3 Å². The molecule has 0 spiro atoms. The molecule has 0 aromatic carbocycles. The van der Waals surface area contributed by atoms with E-state index in [1.807, 2.05) is 0 Å². The summed E-state index contributed by atoms with van der Waals surface area (Å²) in [5, 5.41) is 8.95. The zero-order valence-electron chi connectivity index (χ0n) is 12.5. The van der Waals surface area contributed by atoms with Crippen LogP contribution in [0.25, 0.3) is 0 Å². The van der Waals surface area contributed by atoms with Gasteiger partial charge in [0.15, 0.2) is 0 Å². The number of rotatable bonds is 5. The maximum Gasteiger partial charge on any atom is 0.407 e. The topological polar surface area (TPSA) is 90.1 Å². The molecule has 7 heteroatoms. The molecule has 0 unspecified atom stereocenters. The molecule has 0 aliphatic carbocycles. The van der Waals surface area contributed by atoms with Crippen LogP contribution in [0.4, 0.5) is 4.79 Å². The second kappa shape index (κ2) is 7.61. The van der Waals surface area contributed by atoms with Crippen molar-refractivity contribution in [1.29, 1.82) is 0 Å². The summed E-state index contributed by atoms with van der Waals surface area (Å²) in [4.78, 5) is 27.9. The first kappa shape index (κ1) is 16.0. The molecule has 2 saturated heterocycles. The third-order valence-corrected chi connectivity index (χ3v) is 4.44. The summed E-state index contributed by atoms with van der Waals surface area (Å²) in [6.07, 6.45) is 2.00. The van der Waals surface area contributed by atoms with Crippen LogP contribution in [-0.4, -0.2) is 84.2 Å². The Morgan fingerprint density at radius 3 is 2.43 bits per heavy atom. The number of hydrogen-bond donors (Lipinski definition) is 2. The standard InChI is InChI=1S/C14H26N4O3/c15-13(19)3-5-16-4-1-2-12(10-16)11-17-6-8-18(9-7-17)14(20)21/h12H,1-11H2,(H2,15,19)(H,20,21)/t12-/m1/s1. The average Bonchev–Trinajstić information content (AvgIpc) is 2.46. The fourth-order valence-corrected chi connectivity index (χ4v) is 3.26. The molecular formula is C14H26N4O3. The third-order valence-electron chi connectivity index (χ3n) is 4.44. The lowest BCUT2D eigenvalue weighted by Gasteiger charge is -2.38. The van der Waals surface area contributed by atoms with Gasteiger partial charge in [-0.05, 0) is 25.3 Å². The van der Waals surface area contributed by atoms with E-state index >= 15 is 0 Å². The molecule has 2 aliphatic rings. The molecule has 0 aromatic heterocycles. The van der Waals surface area contributed by atoms with Crippen molar-refractivity contribution in [3.63, 3.8) is 0 Å². The van der Waals surface area contributed by atoms with Crippen LogP contribution in [0, 0.1) is 5.92 Å². The minimum atomic E-state index is -0.815. The predicted molar refractivity (Wildman–Crippen MR) is 79.0 cm³/mol. The smallest absolute Gasteiger partial charge is 0.407 e. The second-order valence-corrected chi connectivity index (χ2v) is 6.10. The fraction of sp³-hybridized carbons (Fsp3) is 0.857. The van der Waals surface area contributed by atoms with E-state index in [0.717, 1.165) is 39.3 Å². The molecule has 120 valence electrons. The zero-order valence-corrected chi connectivity index (χ0v) is 12.5. The van der Waals surface area contributed by atoms with Crippen molar-refractivity contribution in [2.24, 2.45) is 11.7 Å². The lowest BCUT2D eigenvalue weighted by molar-refractivity contribution is -0.118.